The first-order chi connectivity index (χ1) is 12.8. The van der Waals surface area contributed by atoms with Crippen molar-refractivity contribution in [2.24, 2.45) is 5.73 Å². The number of benzene rings is 2. The van der Waals surface area contributed by atoms with E-state index in [0.717, 1.165) is 16.7 Å². The Hall–Kier alpha value is -2.37. The summed E-state index contributed by atoms with van der Waals surface area (Å²) in [6, 6.07) is 14.5. The molecule has 0 bridgehead atoms. The minimum absolute atomic E-state index is 0. The van der Waals surface area contributed by atoms with Crippen molar-refractivity contribution in [1.29, 1.82) is 0 Å². The zero-order valence-corrected chi connectivity index (χ0v) is 17.7. The average Bonchev–Trinajstić information content (AvgIpc) is 2.64. The number of nitrogens with one attached hydrogen (secondary N) is 2. The van der Waals surface area contributed by atoms with E-state index in [-0.39, 0.29) is 42.7 Å². The first-order valence-corrected chi connectivity index (χ1v) is 9.29. The molecule has 152 valence electrons. The largest absolute Gasteiger partial charge is 0.350 e. The van der Waals surface area contributed by atoms with Gasteiger partial charge in [0.2, 0.25) is 5.91 Å². The Morgan fingerprint density at radius 3 is 2.25 bits per heavy atom. The van der Waals surface area contributed by atoms with Crippen LogP contribution in [0.2, 0.25) is 0 Å². The third-order valence-corrected chi connectivity index (χ3v) is 4.47. The van der Waals surface area contributed by atoms with E-state index in [9.17, 15) is 9.59 Å². The predicted octanol–water partition coefficient (Wildman–Crippen LogP) is 3.47. The quantitative estimate of drug-likeness (QED) is 0.661. The van der Waals surface area contributed by atoms with E-state index in [1.807, 2.05) is 55.5 Å². The molecule has 0 fully saturated rings. The molecule has 0 aliphatic heterocycles. The van der Waals surface area contributed by atoms with Crippen molar-refractivity contribution in [1.82, 2.24) is 10.6 Å². The van der Waals surface area contributed by atoms with Crippen molar-refractivity contribution in [3.8, 4) is 0 Å². The molecule has 28 heavy (non-hydrogen) atoms. The van der Waals surface area contributed by atoms with E-state index in [1.54, 1.807) is 6.92 Å². The summed E-state index contributed by atoms with van der Waals surface area (Å²) in [6.45, 7) is 8.02. The lowest BCUT2D eigenvalue weighted by Crippen LogP contribution is -2.44. The summed E-state index contributed by atoms with van der Waals surface area (Å²) >= 11 is 0. The van der Waals surface area contributed by atoms with Crippen molar-refractivity contribution in [3.05, 3.63) is 70.8 Å². The number of amides is 2. The Kier molecular flexibility index (Phi) is 9.16. The summed E-state index contributed by atoms with van der Waals surface area (Å²) in [4.78, 5) is 24.9. The van der Waals surface area contributed by atoms with Gasteiger partial charge in [0.1, 0.15) is 0 Å². The number of halogens is 1. The highest BCUT2D eigenvalue weighted by Crippen LogP contribution is 2.21. The van der Waals surface area contributed by atoms with Gasteiger partial charge in [0.25, 0.3) is 5.91 Å². The van der Waals surface area contributed by atoms with Crippen molar-refractivity contribution in [3.63, 3.8) is 0 Å². The summed E-state index contributed by atoms with van der Waals surface area (Å²) in [5.41, 5.74) is 9.32. The van der Waals surface area contributed by atoms with E-state index < -0.39 is 6.04 Å². The smallest absolute Gasteiger partial charge is 0.251 e. The van der Waals surface area contributed by atoms with Crippen molar-refractivity contribution in [2.45, 2.75) is 45.7 Å². The molecule has 2 aromatic carbocycles. The molecule has 0 saturated heterocycles. The fourth-order valence-electron chi connectivity index (χ4n) is 2.90. The lowest BCUT2D eigenvalue weighted by atomic mass is 9.95. The predicted molar refractivity (Wildman–Crippen MR) is 116 cm³/mol. The number of hydrogen-bond donors (Lipinski definition) is 3. The second-order valence-corrected chi connectivity index (χ2v) is 7.22. The third-order valence-electron chi connectivity index (χ3n) is 4.47. The number of carbonyl (C=O) groups excluding carboxylic acids is 2. The van der Waals surface area contributed by atoms with Gasteiger partial charge in [0.05, 0.1) is 12.1 Å². The van der Waals surface area contributed by atoms with E-state index in [2.05, 4.69) is 24.5 Å². The van der Waals surface area contributed by atoms with Crippen LogP contribution in [-0.4, -0.2) is 24.4 Å². The highest BCUT2D eigenvalue weighted by atomic mass is 35.5. The zero-order valence-electron chi connectivity index (χ0n) is 16.9. The summed E-state index contributed by atoms with van der Waals surface area (Å²) in [5, 5.41) is 5.88. The lowest BCUT2D eigenvalue weighted by molar-refractivity contribution is -0.122. The van der Waals surface area contributed by atoms with Crippen LogP contribution >= 0.6 is 12.4 Å². The van der Waals surface area contributed by atoms with Gasteiger partial charge in [-0.1, -0.05) is 61.9 Å². The van der Waals surface area contributed by atoms with E-state index in [4.69, 9.17) is 5.73 Å². The van der Waals surface area contributed by atoms with Crippen LogP contribution in [0.25, 0.3) is 0 Å². The molecule has 0 spiro atoms. The first kappa shape index (κ1) is 23.7. The van der Waals surface area contributed by atoms with Gasteiger partial charge in [-0.05, 0) is 37.0 Å². The Morgan fingerprint density at radius 1 is 1.04 bits per heavy atom. The number of aryl methyl sites for hydroxylation is 1. The second kappa shape index (κ2) is 10.8. The van der Waals surface area contributed by atoms with Gasteiger partial charge in [0, 0.05) is 12.1 Å². The molecule has 0 aromatic heterocycles. The van der Waals surface area contributed by atoms with Gasteiger partial charge in [-0.2, -0.15) is 0 Å². The number of hydrogen-bond acceptors (Lipinski definition) is 3. The van der Waals surface area contributed by atoms with Crippen molar-refractivity contribution >= 4 is 24.2 Å². The highest BCUT2D eigenvalue weighted by Gasteiger charge is 2.19. The number of nitrogens with two attached hydrogens (primary N) is 1. The molecule has 5 nitrogen and oxygen atoms in total. The molecular weight excluding hydrogens is 374 g/mol. The van der Waals surface area contributed by atoms with Gasteiger partial charge < -0.3 is 16.4 Å². The maximum atomic E-state index is 12.8. The van der Waals surface area contributed by atoms with Crippen LogP contribution in [0.15, 0.2) is 48.5 Å². The normalized spacial score (nSPS) is 12.6. The topological polar surface area (TPSA) is 84.2 Å². The average molecular weight is 404 g/mol. The molecule has 6 heteroatoms. The van der Waals surface area contributed by atoms with Crippen molar-refractivity contribution < 1.29 is 9.59 Å². The summed E-state index contributed by atoms with van der Waals surface area (Å²) in [6.07, 6.45) is 0. The highest BCUT2D eigenvalue weighted by molar-refractivity contribution is 5.96. The Bertz CT molecular complexity index is 792. The molecule has 0 radical (unpaired) electrons. The van der Waals surface area contributed by atoms with Gasteiger partial charge >= 0.3 is 0 Å². The Labute approximate surface area is 173 Å². The fraction of sp³-hybridized carbons (Fsp3) is 0.364. The molecule has 0 aliphatic carbocycles. The van der Waals surface area contributed by atoms with E-state index >= 15 is 0 Å². The second-order valence-electron chi connectivity index (χ2n) is 7.22. The molecule has 0 saturated carbocycles. The van der Waals surface area contributed by atoms with Crippen molar-refractivity contribution in [2.75, 3.05) is 6.54 Å². The summed E-state index contributed by atoms with van der Waals surface area (Å²) in [5.74, 6) is -0.149. The molecule has 2 unspecified atom stereocenters. The number of rotatable bonds is 7. The summed E-state index contributed by atoms with van der Waals surface area (Å²) in [7, 11) is 0. The van der Waals surface area contributed by atoms with E-state index in [0.29, 0.717) is 5.56 Å². The van der Waals surface area contributed by atoms with Crippen LogP contribution in [0.4, 0.5) is 0 Å². The van der Waals surface area contributed by atoms with Crippen LogP contribution in [0.3, 0.4) is 0 Å². The van der Waals surface area contributed by atoms with Gasteiger partial charge in [-0.25, -0.2) is 0 Å². The monoisotopic (exact) mass is 403 g/mol. The van der Waals surface area contributed by atoms with Crippen LogP contribution in [-0.2, 0) is 4.79 Å². The lowest BCUT2D eigenvalue weighted by Gasteiger charge is -2.22. The number of carbonyl (C=O) groups is 2. The standard InChI is InChI=1S/C22H29N3O2.ClH/c1-14(2)18-11-10-15(3)12-19(18)22(27)24-13-20(25-21(26)16(4)23)17-8-6-5-7-9-17;/h5-12,14,16,20H,13,23H2,1-4H3,(H,24,27)(H,25,26);1H. The molecule has 0 heterocycles. The maximum absolute atomic E-state index is 12.8. The molecule has 2 rings (SSSR count). The molecule has 2 amide bonds. The van der Waals surface area contributed by atoms with Crippen LogP contribution in [0, 0.1) is 6.92 Å². The maximum Gasteiger partial charge on any atom is 0.251 e. The summed E-state index contributed by atoms with van der Waals surface area (Å²) < 4.78 is 0. The molecule has 4 N–H and O–H groups in total. The molecular formula is C22H30ClN3O2. The SMILES string of the molecule is Cc1ccc(C(C)C)c(C(=O)NCC(NC(=O)C(C)N)c2ccccc2)c1.Cl. The van der Waals surface area contributed by atoms with Crippen LogP contribution in [0.1, 0.15) is 59.8 Å². The first-order valence-electron chi connectivity index (χ1n) is 9.29. The fourth-order valence-corrected chi connectivity index (χ4v) is 2.90. The molecule has 2 aromatic rings. The van der Waals surface area contributed by atoms with E-state index in [1.165, 1.54) is 0 Å². The van der Waals surface area contributed by atoms with Gasteiger partial charge in [-0.3, -0.25) is 9.59 Å². The van der Waals surface area contributed by atoms with Gasteiger partial charge in [0.15, 0.2) is 0 Å². The zero-order chi connectivity index (χ0) is 20.0. The van der Waals surface area contributed by atoms with Crippen LogP contribution in [0.5, 0.6) is 0 Å². The molecule has 0 aliphatic rings. The Balaban J connectivity index is 0.00000392. The minimum atomic E-state index is -0.615. The van der Waals surface area contributed by atoms with Crippen LogP contribution < -0.4 is 16.4 Å². The van der Waals surface area contributed by atoms with Gasteiger partial charge in [-0.15, -0.1) is 12.4 Å². The minimum Gasteiger partial charge on any atom is -0.350 e. The Morgan fingerprint density at radius 2 is 1.68 bits per heavy atom. The third kappa shape index (κ3) is 6.36. The molecule has 2 atom stereocenters.